The van der Waals surface area contributed by atoms with Crippen molar-refractivity contribution in [3.63, 3.8) is 0 Å². The van der Waals surface area contributed by atoms with Crippen LogP contribution in [0.1, 0.15) is 12.5 Å². The van der Waals surface area contributed by atoms with Crippen molar-refractivity contribution in [2.24, 2.45) is 5.73 Å². The van der Waals surface area contributed by atoms with E-state index >= 15 is 0 Å². The number of hydrogen-bond donors (Lipinski definition) is 2. The van der Waals surface area contributed by atoms with Crippen molar-refractivity contribution >= 4 is 22.4 Å². The molecule has 0 saturated carbocycles. The topological polar surface area (TPSA) is 55.5 Å². The SMILES string of the molecule is C[C@](N)(CO)c1ccc2cc(Oc3ccc(F)c(Cl)c3)ccc2c1. The number of rotatable bonds is 4. The summed E-state index contributed by atoms with van der Waals surface area (Å²) in [5, 5.41) is 11.4. The molecule has 0 radical (unpaired) electrons. The van der Waals surface area contributed by atoms with E-state index in [9.17, 15) is 9.50 Å². The summed E-state index contributed by atoms with van der Waals surface area (Å²) in [4.78, 5) is 0. The zero-order valence-electron chi connectivity index (χ0n) is 13.1. The van der Waals surface area contributed by atoms with Crippen LogP contribution >= 0.6 is 11.6 Å². The minimum absolute atomic E-state index is 0.0177. The third kappa shape index (κ3) is 3.36. The zero-order valence-corrected chi connectivity index (χ0v) is 13.8. The van der Waals surface area contributed by atoms with E-state index in [1.165, 1.54) is 18.2 Å². The molecule has 3 aromatic carbocycles. The number of ether oxygens (including phenoxy) is 1. The molecule has 0 aliphatic rings. The van der Waals surface area contributed by atoms with Gasteiger partial charge in [0.25, 0.3) is 0 Å². The highest BCUT2D eigenvalue weighted by Gasteiger charge is 2.20. The van der Waals surface area contributed by atoms with E-state index in [-0.39, 0.29) is 11.6 Å². The van der Waals surface area contributed by atoms with Gasteiger partial charge < -0.3 is 15.6 Å². The molecule has 3 nitrogen and oxygen atoms in total. The Bertz CT molecular complexity index is 896. The van der Waals surface area contributed by atoms with Crippen LogP contribution in [0.4, 0.5) is 4.39 Å². The van der Waals surface area contributed by atoms with Crippen molar-refractivity contribution in [3.8, 4) is 11.5 Å². The first-order valence-electron chi connectivity index (χ1n) is 7.46. The first kappa shape index (κ1) is 16.7. The molecule has 24 heavy (non-hydrogen) atoms. The van der Waals surface area contributed by atoms with Crippen LogP contribution < -0.4 is 10.5 Å². The van der Waals surface area contributed by atoms with E-state index in [1.807, 2.05) is 36.4 Å². The van der Waals surface area contributed by atoms with E-state index in [2.05, 4.69) is 0 Å². The van der Waals surface area contributed by atoms with Crippen LogP contribution in [0.25, 0.3) is 10.8 Å². The number of fused-ring (bicyclic) bond motifs is 1. The molecule has 3 N–H and O–H groups in total. The van der Waals surface area contributed by atoms with E-state index in [4.69, 9.17) is 22.1 Å². The van der Waals surface area contributed by atoms with Gasteiger partial charge in [-0.2, -0.15) is 0 Å². The molecule has 0 bridgehead atoms. The first-order valence-corrected chi connectivity index (χ1v) is 7.84. The van der Waals surface area contributed by atoms with Gasteiger partial charge in [-0.05, 0) is 53.6 Å². The molecular formula is C19H17ClFNO2. The van der Waals surface area contributed by atoms with Crippen LogP contribution in [-0.2, 0) is 5.54 Å². The largest absolute Gasteiger partial charge is 0.457 e. The Hall–Kier alpha value is -2.14. The minimum Gasteiger partial charge on any atom is -0.457 e. The molecule has 0 saturated heterocycles. The second-order valence-corrected chi connectivity index (χ2v) is 6.38. The lowest BCUT2D eigenvalue weighted by atomic mass is 9.92. The van der Waals surface area contributed by atoms with Crippen molar-refractivity contribution in [1.82, 2.24) is 0 Å². The predicted molar refractivity (Wildman–Crippen MR) is 94.1 cm³/mol. The minimum atomic E-state index is -0.784. The number of nitrogens with two attached hydrogens (primary N) is 1. The van der Waals surface area contributed by atoms with Gasteiger partial charge in [0.2, 0.25) is 0 Å². The van der Waals surface area contributed by atoms with Gasteiger partial charge >= 0.3 is 0 Å². The molecule has 0 aliphatic carbocycles. The quantitative estimate of drug-likeness (QED) is 0.727. The maximum absolute atomic E-state index is 13.2. The molecule has 0 aromatic heterocycles. The molecule has 1 atom stereocenters. The van der Waals surface area contributed by atoms with E-state index in [1.54, 1.807) is 6.92 Å². The van der Waals surface area contributed by atoms with Gasteiger partial charge in [0.05, 0.1) is 17.2 Å². The van der Waals surface area contributed by atoms with E-state index in [0.29, 0.717) is 11.5 Å². The summed E-state index contributed by atoms with van der Waals surface area (Å²) >= 11 is 5.76. The van der Waals surface area contributed by atoms with Crippen LogP contribution in [0.2, 0.25) is 5.02 Å². The van der Waals surface area contributed by atoms with Crippen LogP contribution in [0.3, 0.4) is 0 Å². The lowest BCUT2D eigenvalue weighted by molar-refractivity contribution is 0.210. The molecule has 3 rings (SSSR count). The van der Waals surface area contributed by atoms with Crippen molar-refractivity contribution in [3.05, 3.63) is 71.0 Å². The van der Waals surface area contributed by atoms with Gasteiger partial charge in [0.15, 0.2) is 0 Å². The Kier molecular flexibility index (Phi) is 4.45. The fourth-order valence-electron chi connectivity index (χ4n) is 2.41. The average Bonchev–Trinajstić information content (AvgIpc) is 2.57. The smallest absolute Gasteiger partial charge is 0.142 e. The van der Waals surface area contributed by atoms with Crippen LogP contribution in [0.15, 0.2) is 54.6 Å². The molecule has 0 unspecified atom stereocenters. The predicted octanol–water partition coefficient (Wildman–Crippen LogP) is 4.59. The van der Waals surface area contributed by atoms with Gasteiger partial charge in [-0.1, -0.05) is 29.8 Å². The summed E-state index contributed by atoms with van der Waals surface area (Å²) < 4.78 is 18.9. The second kappa shape index (κ2) is 6.40. The molecule has 0 spiro atoms. The number of aliphatic hydroxyl groups is 1. The molecule has 0 aliphatic heterocycles. The number of hydrogen-bond acceptors (Lipinski definition) is 3. The van der Waals surface area contributed by atoms with Gasteiger partial charge in [-0.15, -0.1) is 0 Å². The van der Waals surface area contributed by atoms with E-state index in [0.717, 1.165) is 16.3 Å². The standard InChI is InChI=1S/C19H17ClFNO2/c1-19(22,11-23)14-4-2-13-9-15(5-3-12(13)8-14)24-16-6-7-18(21)17(20)10-16/h2-10,23H,11,22H2,1H3/t19-/m0/s1. The van der Waals surface area contributed by atoms with Crippen LogP contribution in [0.5, 0.6) is 11.5 Å². The fourth-order valence-corrected chi connectivity index (χ4v) is 2.58. The van der Waals surface area contributed by atoms with Crippen molar-refractivity contribution in [1.29, 1.82) is 0 Å². The lowest BCUT2D eigenvalue weighted by Crippen LogP contribution is -2.36. The molecule has 0 amide bonds. The van der Waals surface area contributed by atoms with Crippen molar-refractivity contribution in [2.75, 3.05) is 6.61 Å². The Morgan fingerprint density at radius 1 is 1.04 bits per heavy atom. The highest BCUT2D eigenvalue weighted by Crippen LogP contribution is 2.30. The highest BCUT2D eigenvalue weighted by atomic mass is 35.5. The summed E-state index contributed by atoms with van der Waals surface area (Å²) in [6.45, 7) is 1.65. The monoisotopic (exact) mass is 345 g/mol. The molecule has 124 valence electrons. The van der Waals surface area contributed by atoms with Crippen LogP contribution in [-0.4, -0.2) is 11.7 Å². The number of halogens is 2. The Labute approximate surface area is 144 Å². The lowest BCUT2D eigenvalue weighted by Gasteiger charge is -2.22. The second-order valence-electron chi connectivity index (χ2n) is 5.98. The van der Waals surface area contributed by atoms with Gasteiger partial charge in [-0.3, -0.25) is 0 Å². The summed E-state index contributed by atoms with van der Waals surface area (Å²) in [6.07, 6.45) is 0. The fraction of sp³-hybridized carbons (Fsp3) is 0.158. The summed E-state index contributed by atoms with van der Waals surface area (Å²) in [5.41, 5.74) is 6.14. The highest BCUT2D eigenvalue weighted by molar-refractivity contribution is 6.30. The maximum Gasteiger partial charge on any atom is 0.142 e. The third-order valence-corrected chi connectivity index (χ3v) is 4.22. The number of aliphatic hydroxyl groups excluding tert-OH is 1. The Morgan fingerprint density at radius 3 is 2.38 bits per heavy atom. The number of benzene rings is 3. The summed E-state index contributed by atoms with van der Waals surface area (Å²) in [5.74, 6) is 0.603. The molecule has 0 fully saturated rings. The van der Waals surface area contributed by atoms with Crippen molar-refractivity contribution in [2.45, 2.75) is 12.5 Å². The zero-order chi connectivity index (χ0) is 17.3. The van der Waals surface area contributed by atoms with Gasteiger partial charge in [-0.25, -0.2) is 4.39 Å². The van der Waals surface area contributed by atoms with E-state index < -0.39 is 11.4 Å². The molecule has 3 aromatic rings. The Morgan fingerprint density at radius 2 is 1.67 bits per heavy atom. The normalized spacial score (nSPS) is 13.7. The third-order valence-electron chi connectivity index (χ3n) is 3.93. The molecular weight excluding hydrogens is 329 g/mol. The van der Waals surface area contributed by atoms with Crippen molar-refractivity contribution < 1.29 is 14.2 Å². The summed E-state index contributed by atoms with van der Waals surface area (Å²) in [6, 6.07) is 15.6. The molecule has 5 heteroatoms. The Balaban J connectivity index is 1.91. The summed E-state index contributed by atoms with van der Waals surface area (Å²) in [7, 11) is 0. The van der Waals surface area contributed by atoms with Crippen LogP contribution in [0, 0.1) is 5.82 Å². The molecule has 0 heterocycles. The first-order chi connectivity index (χ1) is 11.4. The average molecular weight is 346 g/mol. The van der Waals surface area contributed by atoms with Gasteiger partial charge in [0, 0.05) is 6.07 Å². The maximum atomic E-state index is 13.2. The van der Waals surface area contributed by atoms with Gasteiger partial charge in [0.1, 0.15) is 17.3 Å².